The molecule has 35 heavy (non-hydrogen) atoms. The molecule has 2 saturated heterocycles. The van der Waals surface area contributed by atoms with Gasteiger partial charge < -0.3 is 14.4 Å². The lowest BCUT2D eigenvalue weighted by Crippen LogP contribution is -2.55. The van der Waals surface area contributed by atoms with Crippen molar-refractivity contribution in [3.8, 4) is 16.3 Å². The number of rotatable bonds is 6. The predicted octanol–water partition coefficient (Wildman–Crippen LogP) is 4.35. The Kier molecular flexibility index (Phi) is 7.13. The Morgan fingerprint density at radius 3 is 2.40 bits per heavy atom. The molecular weight excluding hydrogens is 465 g/mol. The van der Waals surface area contributed by atoms with Crippen molar-refractivity contribution in [2.24, 2.45) is 0 Å². The van der Waals surface area contributed by atoms with Crippen LogP contribution in [0.5, 0.6) is 5.75 Å². The Hall–Kier alpha value is -2.81. The number of carbonyl (C=O) groups is 1. The van der Waals surface area contributed by atoms with Crippen molar-refractivity contribution in [1.29, 1.82) is 0 Å². The van der Waals surface area contributed by atoms with E-state index in [0.717, 1.165) is 47.2 Å². The highest BCUT2D eigenvalue weighted by Gasteiger charge is 2.44. The monoisotopic (exact) mass is 495 g/mol. The second-order valence-electron chi connectivity index (χ2n) is 9.14. The van der Waals surface area contributed by atoms with E-state index in [9.17, 15) is 9.18 Å². The highest BCUT2D eigenvalue weighted by Crippen LogP contribution is 2.37. The van der Waals surface area contributed by atoms with E-state index in [1.165, 1.54) is 12.1 Å². The molecule has 0 N–H and O–H groups in total. The van der Waals surface area contributed by atoms with Crippen LogP contribution in [-0.4, -0.2) is 67.2 Å². The number of halogens is 1. The van der Waals surface area contributed by atoms with Gasteiger partial charge in [-0.2, -0.15) is 0 Å². The summed E-state index contributed by atoms with van der Waals surface area (Å²) in [5.41, 5.74) is 2.40. The van der Waals surface area contributed by atoms with Gasteiger partial charge in [0, 0.05) is 56.9 Å². The number of hydrogen-bond donors (Lipinski definition) is 0. The largest absolute Gasteiger partial charge is 0.497 e. The SMILES string of the molecule is COc1ccc(-c2nc(CN3CCN(C(=O)C4(c5ccc(F)cc5)CCOCC4)CC3)cs2)cc1. The molecule has 0 atom stereocenters. The standard InChI is InChI=1S/C27H30FN3O3S/c1-33-24-8-2-20(3-9-24)25-29-23(19-35-25)18-30-12-14-31(15-13-30)26(32)27(10-16-34-17-11-27)21-4-6-22(28)7-5-21/h2-9,19H,10-18H2,1H3. The van der Waals surface area contributed by atoms with E-state index in [-0.39, 0.29) is 11.7 Å². The Balaban J connectivity index is 1.21. The van der Waals surface area contributed by atoms with Crippen molar-refractivity contribution in [1.82, 2.24) is 14.8 Å². The van der Waals surface area contributed by atoms with Crippen LogP contribution in [-0.2, 0) is 21.5 Å². The summed E-state index contributed by atoms with van der Waals surface area (Å²) in [6, 6.07) is 14.4. The third kappa shape index (κ3) is 5.10. The van der Waals surface area contributed by atoms with Crippen LogP contribution in [0.15, 0.2) is 53.9 Å². The van der Waals surface area contributed by atoms with Gasteiger partial charge in [-0.05, 0) is 54.8 Å². The van der Waals surface area contributed by atoms with Crippen LogP contribution in [0.25, 0.3) is 10.6 Å². The third-order valence-corrected chi connectivity index (χ3v) is 8.03. The Morgan fingerprint density at radius 1 is 1.06 bits per heavy atom. The second-order valence-corrected chi connectivity index (χ2v) is 10.0. The molecule has 0 unspecified atom stereocenters. The topological polar surface area (TPSA) is 54.9 Å². The fourth-order valence-corrected chi connectivity index (χ4v) is 5.82. The number of amides is 1. The lowest BCUT2D eigenvalue weighted by Gasteiger charge is -2.43. The number of methoxy groups -OCH3 is 1. The zero-order valence-electron chi connectivity index (χ0n) is 19.9. The number of piperazine rings is 1. The van der Waals surface area contributed by atoms with Gasteiger partial charge in [0.1, 0.15) is 16.6 Å². The molecule has 2 aliphatic heterocycles. The average molecular weight is 496 g/mol. The quantitative estimate of drug-likeness (QED) is 0.509. The average Bonchev–Trinajstić information content (AvgIpc) is 3.38. The molecule has 1 amide bonds. The highest BCUT2D eigenvalue weighted by atomic mass is 32.1. The van der Waals surface area contributed by atoms with E-state index in [2.05, 4.69) is 10.3 Å². The molecule has 0 spiro atoms. The smallest absolute Gasteiger partial charge is 0.233 e. The third-order valence-electron chi connectivity index (χ3n) is 7.09. The van der Waals surface area contributed by atoms with Gasteiger partial charge in [-0.25, -0.2) is 9.37 Å². The number of thiazole rings is 1. The van der Waals surface area contributed by atoms with Gasteiger partial charge in [0.15, 0.2) is 0 Å². The van der Waals surface area contributed by atoms with Crippen molar-refractivity contribution in [3.05, 3.63) is 71.0 Å². The molecule has 8 heteroatoms. The molecule has 2 aromatic carbocycles. The van der Waals surface area contributed by atoms with Crippen LogP contribution < -0.4 is 4.74 Å². The molecule has 3 heterocycles. The summed E-state index contributed by atoms with van der Waals surface area (Å²) in [5, 5.41) is 3.11. The first-order chi connectivity index (χ1) is 17.1. The Labute approximate surface area is 209 Å². The molecule has 0 aliphatic carbocycles. The molecule has 5 rings (SSSR count). The summed E-state index contributed by atoms with van der Waals surface area (Å²) in [7, 11) is 1.66. The molecular formula is C27H30FN3O3S. The summed E-state index contributed by atoms with van der Waals surface area (Å²) < 4.78 is 24.4. The van der Waals surface area contributed by atoms with E-state index in [1.54, 1.807) is 30.6 Å². The Morgan fingerprint density at radius 2 is 1.74 bits per heavy atom. The molecule has 3 aromatic rings. The maximum Gasteiger partial charge on any atom is 0.233 e. The molecule has 6 nitrogen and oxygen atoms in total. The minimum atomic E-state index is -0.629. The van der Waals surface area contributed by atoms with Gasteiger partial charge in [0.2, 0.25) is 5.91 Å². The molecule has 2 aliphatic rings. The van der Waals surface area contributed by atoms with Crippen molar-refractivity contribution in [3.63, 3.8) is 0 Å². The van der Waals surface area contributed by atoms with Crippen molar-refractivity contribution in [2.45, 2.75) is 24.8 Å². The van der Waals surface area contributed by atoms with Gasteiger partial charge in [0.05, 0.1) is 18.2 Å². The fourth-order valence-electron chi connectivity index (χ4n) is 5.00. The van der Waals surface area contributed by atoms with E-state index in [0.29, 0.717) is 39.1 Å². The number of carbonyl (C=O) groups excluding carboxylic acids is 1. The lowest BCUT2D eigenvalue weighted by atomic mass is 9.73. The molecule has 184 valence electrons. The number of hydrogen-bond acceptors (Lipinski definition) is 6. The molecule has 1 aromatic heterocycles. The van der Waals surface area contributed by atoms with E-state index >= 15 is 0 Å². The summed E-state index contributed by atoms with van der Waals surface area (Å²) in [6.45, 7) is 4.82. The zero-order chi connectivity index (χ0) is 24.3. The van der Waals surface area contributed by atoms with Crippen LogP contribution in [0.3, 0.4) is 0 Å². The van der Waals surface area contributed by atoms with Crippen molar-refractivity contribution >= 4 is 17.2 Å². The normalized spacial score (nSPS) is 18.4. The van der Waals surface area contributed by atoms with Gasteiger partial charge in [-0.3, -0.25) is 9.69 Å². The van der Waals surface area contributed by atoms with Gasteiger partial charge in [-0.15, -0.1) is 11.3 Å². The molecule has 0 saturated carbocycles. The van der Waals surface area contributed by atoms with Crippen LogP contribution in [0, 0.1) is 5.82 Å². The first-order valence-corrected chi connectivity index (χ1v) is 12.9. The minimum Gasteiger partial charge on any atom is -0.497 e. The number of ether oxygens (including phenoxy) is 2. The van der Waals surface area contributed by atoms with Gasteiger partial charge >= 0.3 is 0 Å². The van der Waals surface area contributed by atoms with E-state index < -0.39 is 5.41 Å². The van der Waals surface area contributed by atoms with Crippen LogP contribution in [0.4, 0.5) is 4.39 Å². The molecule has 2 fully saturated rings. The van der Waals surface area contributed by atoms with Crippen LogP contribution in [0.2, 0.25) is 0 Å². The van der Waals surface area contributed by atoms with E-state index in [4.69, 9.17) is 14.5 Å². The van der Waals surface area contributed by atoms with E-state index in [1.807, 2.05) is 29.2 Å². The van der Waals surface area contributed by atoms with Gasteiger partial charge in [0.25, 0.3) is 0 Å². The first-order valence-electron chi connectivity index (χ1n) is 12.0. The number of aromatic nitrogens is 1. The number of nitrogens with zero attached hydrogens (tertiary/aromatic N) is 3. The summed E-state index contributed by atoms with van der Waals surface area (Å²) in [5.74, 6) is 0.691. The number of benzene rings is 2. The molecule has 0 bridgehead atoms. The maximum atomic E-state index is 13.8. The first kappa shape index (κ1) is 23.9. The second kappa shape index (κ2) is 10.4. The zero-order valence-corrected chi connectivity index (χ0v) is 20.7. The fraction of sp³-hybridized carbons (Fsp3) is 0.407. The van der Waals surface area contributed by atoms with Crippen molar-refractivity contribution in [2.75, 3.05) is 46.5 Å². The lowest BCUT2D eigenvalue weighted by molar-refractivity contribution is -0.143. The van der Waals surface area contributed by atoms with Gasteiger partial charge in [-0.1, -0.05) is 12.1 Å². The highest BCUT2D eigenvalue weighted by molar-refractivity contribution is 7.13. The summed E-state index contributed by atoms with van der Waals surface area (Å²) >= 11 is 1.65. The predicted molar refractivity (Wildman–Crippen MR) is 134 cm³/mol. The van der Waals surface area contributed by atoms with Crippen molar-refractivity contribution < 1.29 is 18.7 Å². The summed E-state index contributed by atoms with van der Waals surface area (Å²) in [4.78, 5) is 22.9. The minimum absolute atomic E-state index is 0.141. The van der Waals surface area contributed by atoms with Crippen LogP contribution >= 0.6 is 11.3 Å². The maximum absolute atomic E-state index is 13.8. The summed E-state index contributed by atoms with van der Waals surface area (Å²) in [6.07, 6.45) is 1.26. The van der Waals surface area contributed by atoms with Crippen LogP contribution in [0.1, 0.15) is 24.1 Å². The molecule has 0 radical (unpaired) electrons. The Bertz CT molecular complexity index is 1140.